The Morgan fingerprint density at radius 2 is 1.35 bits per heavy atom. The smallest absolute Gasteiger partial charge is 0.193 e. The van der Waals surface area contributed by atoms with Crippen molar-refractivity contribution in [1.29, 1.82) is 0 Å². The molecule has 0 fully saturated rings. The molecule has 1 atom stereocenters. The molecule has 1 aliphatic carbocycles. The van der Waals surface area contributed by atoms with Gasteiger partial charge in [0.05, 0.1) is 0 Å². The highest BCUT2D eigenvalue weighted by atomic mass is 31.2. The zero-order valence-corrected chi connectivity index (χ0v) is 15.5. The van der Waals surface area contributed by atoms with Crippen LogP contribution >= 0.6 is 7.26 Å². The van der Waals surface area contributed by atoms with E-state index >= 15 is 0 Å². The Morgan fingerprint density at radius 1 is 0.731 bits per heavy atom. The van der Waals surface area contributed by atoms with Crippen molar-refractivity contribution in [3.05, 3.63) is 122 Å². The number of pyridine rings is 1. The maximum atomic E-state index is 4.86. The summed E-state index contributed by atoms with van der Waals surface area (Å²) in [6.45, 7) is 4.40. The van der Waals surface area contributed by atoms with Crippen LogP contribution < -0.4 is 16.0 Å². The lowest BCUT2D eigenvalue weighted by Gasteiger charge is -2.33. The highest BCUT2D eigenvalue weighted by molar-refractivity contribution is 7.96. The number of hydrogen-bond acceptors (Lipinski definition) is 1. The first-order chi connectivity index (χ1) is 12.8. The zero-order valence-electron chi connectivity index (χ0n) is 14.6. The van der Waals surface area contributed by atoms with Gasteiger partial charge in [-0.1, -0.05) is 67.3 Å². The van der Waals surface area contributed by atoms with Crippen LogP contribution in [0.5, 0.6) is 0 Å². The highest BCUT2D eigenvalue weighted by Crippen LogP contribution is 2.62. The third-order valence-corrected chi connectivity index (χ3v) is 9.40. The predicted molar refractivity (Wildman–Crippen MR) is 114 cm³/mol. The Hall–Kier alpha value is -2.76. The van der Waals surface area contributed by atoms with E-state index in [1.54, 1.807) is 0 Å². The van der Waals surface area contributed by atoms with E-state index < -0.39 is 7.26 Å². The van der Waals surface area contributed by atoms with Gasteiger partial charge in [0.25, 0.3) is 0 Å². The molecule has 0 amide bonds. The monoisotopic (exact) mass is 354 g/mol. The minimum atomic E-state index is -2.03. The second-order valence-electron chi connectivity index (χ2n) is 6.35. The molecule has 1 nitrogen and oxygen atoms in total. The lowest BCUT2D eigenvalue weighted by atomic mass is 10.1. The molecule has 3 aromatic rings. The maximum absolute atomic E-state index is 4.86. The van der Waals surface area contributed by atoms with Crippen molar-refractivity contribution in [2.75, 3.05) is 0 Å². The van der Waals surface area contributed by atoms with Gasteiger partial charge in [-0.3, -0.25) is 0 Å². The van der Waals surface area contributed by atoms with Crippen molar-refractivity contribution in [1.82, 2.24) is 4.98 Å². The van der Waals surface area contributed by atoms with Crippen LogP contribution in [0.15, 0.2) is 122 Å². The SMILES string of the molecule is C=C1C=CC=CC1[P+](c1ccccc1)(c1ccccc1)c1ccccn1. The molecule has 26 heavy (non-hydrogen) atoms. The van der Waals surface area contributed by atoms with Crippen molar-refractivity contribution in [2.24, 2.45) is 0 Å². The first-order valence-electron chi connectivity index (χ1n) is 8.79. The van der Waals surface area contributed by atoms with E-state index in [0.717, 1.165) is 11.0 Å². The summed E-state index contributed by atoms with van der Waals surface area (Å²) >= 11 is 0. The second kappa shape index (κ2) is 7.23. The van der Waals surface area contributed by atoms with E-state index in [4.69, 9.17) is 4.98 Å². The van der Waals surface area contributed by atoms with Crippen LogP contribution in [0.3, 0.4) is 0 Å². The van der Waals surface area contributed by atoms with Crippen LogP contribution in [0.25, 0.3) is 0 Å². The Bertz CT molecular complexity index is 847. The molecule has 126 valence electrons. The average Bonchev–Trinajstić information content (AvgIpc) is 2.72. The van der Waals surface area contributed by atoms with Crippen molar-refractivity contribution >= 4 is 23.3 Å². The van der Waals surface area contributed by atoms with Gasteiger partial charge in [-0.2, -0.15) is 0 Å². The van der Waals surface area contributed by atoms with Gasteiger partial charge in [0.1, 0.15) is 23.5 Å². The number of hydrogen-bond donors (Lipinski definition) is 0. The van der Waals surface area contributed by atoms with E-state index in [-0.39, 0.29) is 5.66 Å². The molecule has 0 radical (unpaired) electrons. The Kier molecular flexibility index (Phi) is 4.65. The third kappa shape index (κ3) is 2.75. The lowest BCUT2D eigenvalue weighted by Crippen LogP contribution is -2.40. The van der Waals surface area contributed by atoms with Gasteiger partial charge in [0, 0.05) is 12.3 Å². The van der Waals surface area contributed by atoms with E-state index in [9.17, 15) is 0 Å². The first kappa shape index (κ1) is 16.7. The summed E-state index contributed by atoms with van der Waals surface area (Å²) in [6.07, 6.45) is 10.5. The molecule has 0 bridgehead atoms. The fourth-order valence-electron chi connectivity index (χ4n) is 3.71. The molecule has 2 heteroatoms. The first-order valence-corrected chi connectivity index (χ1v) is 10.6. The van der Waals surface area contributed by atoms with Crippen LogP contribution in [0, 0.1) is 0 Å². The molecule has 4 rings (SSSR count). The van der Waals surface area contributed by atoms with Crippen LogP contribution in [-0.2, 0) is 0 Å². The van der Waals surface area contributed by atoms with Crippen LogP contribution in [0.4, 0.5) is 0 Å². The molecule has 0 N–H and O–H groups in total. The van der Waals surface area contributed by atoms with Gasteiger partial charge in [-0.25, -0.2) is 4.98 Å². The van der Waals surface area contributed by atoms with Gasteiger partial charge in [-0.05, 0) is 42.0 Å². The van der Waals surface area contributed by atoms with Crippen LogP contribution in [0.1, 0.15) is 0 Å². The quantitative estimate of drug-likeness (QED) is 0.632. The summed E-state index contributed by atoms with van der Waals surface area (Å²) in [7, 11) is -2.03. The summed E-state index contributed by atoms with van der Waals surface area (Å²) in [6, 6.07) is 27.9. The zero-order chi connectivity index (χ0) is 17.8. The van der Waals surface area contributed by atoms with Crippen LogP contribution in [0.2, 0.25) is 0 Å². The molecule has 2 aromatic carbocycles. The summed E-state index contributed by atoms with van der Waals surface area (Å²) in [4.78, 5) is 4.86. The van der Waals surface area contributed by atoms with Gasteiger partial charge in [0.15, 0.2) is 5.44 Å². The summed E-state index contributed by atoms with van der Waals surface area (Å²) in [5.41, 5.74) is 2.48. The Morgan fingerprint density at radius 3 is 1.88 bits per heavy atom. The normalized spacial score (nSPS) is 16.6. The second-order valence-corrected chi connectivity index (χ2v) is 9.84. The highest BCUT2D eigenvalue weighted by Gasteiger charge is 2.53. The van der Waals surface area contributed by atoms with Gasteiger partial charge >= 0.3 is 0 Å². The summed E-state index contributed by atoms with van der Waals surface area (Å²) < 4.78 is 0. The number of benzene rings is 2. The standard InChI is InChI=1S/C24H21NP/c1-20-12-8-9-17-23(20)26(21-13-4-2-5-14-21,22-15-6-3-7-16-22)24-18-10-11-19-25-24/h2-19,23H,1H2/q+1. The summed E-state index contributed by atoms with van der Waals surface area (Å²) in [5, 5.41) is 2.66. The fourth-order valence-corrected chi connectivity index (χ4v) is 8.27. The van der Waals surface area contributed by atoms with E-state index in [1.807, 2.05) is 12.3 Å². The van der Waals surface area contributed by atoms with Gasteiger partial charge in [-0.15, -0.1) is 0 Å². The Balaban J connectivity index is 2.09. The fraction of sp³-hybridized carbons (Fsp3) is 0.0417. The summed E-state index contributed by atoms with van der Waals surface area (Å²) in [5.74, 6) is 0. The number of rotatable bonds is 4. The van der Waals surface area contributed by atoms with Crippen molar-refractivity contribution in [3.63, 3.8) is 0 Å². The minimum Gasteiger partial charge on any atom is -0.222 e. The lowest BCUT2D eigenvalue weighted by molar-refractivity contribution is 1.26. The predicted octanol–water partition coefficient (Wildman–Crippen LogP) is 4.43. The third-order valence-electron chi connectivity index (χ3n) is 4.85. The molecule has 1 aromatic heterocycles. The number of allylic oxidation sites excluding steroid dienone is 5. The van der Waals surface area contributed by atoms with Crippen LogP contribution in [-0.4, -0.2) is 10.6 Å². The number of nitrogens with zero attached hydrogens (tertiary/aromatic N) is 1. The van der Waals surface area contributed by atoms with E-state index in [2.05, 4.69) is 104 Å². The molecule has 0 saturated heterocycles. The average molecular weight is 354 g/mol. The molecule has 1 heterocycles. The molecule has 0 aliphatic heterocycles. The van der Waals surface area contributed by atoms with Gasteiger partial charge in [0.2, 0.25) is 0 Å². The van der Waals surface area contributed by atoms with Crippen molar-refractivity contribution < 1.29 is 0 Å². The Labute approximate surface area is 155 Å². The van der Waals surface area contributed by atoms with Gasteiger partial charge < -0.3 is 0 Å². The molecular weight excluding hydrogens is 333 g/mol. The van der Waals surface area contributed by atoms with E-state index in [1.165, 1.54) is 10.6 Å². The minimum absolute atomic E-state index is 0.201. The number of aromatic nitrogens is 1. The maximum Gasteiger partial charge on any atom is 0.193 e. The molecular formula is C24H21NP+. The molecule has 0 saturated carbocycles. The molecule has 1 aliphatic rings. The van der Waals surface area contributed by atoms with Crippen molar-refractivity contribution in [2.45, 2.75) is 5.66 Å². The van der Waals surface area contributed by atoms with Crippen molar-refractivity contribution in [3.8, 4) is 0 Å². The topological polar surface area (TPSA) is 12.9 Å². The molecule has 1 unspecified atom stereocenters. The van der Waals surface area contributed by atoms with E-state index in [0.29, 0.717) is 0 Å². The largest absolute Gasteiger partial charge is 0.222 e. The molecule has 0 spiro atoms.